The molecule has 2 N–H and O–H groups in total. The number of aromatic nitrogens is 2. The predicted molar refractivity (Wildman–Crippen MR) is 65.6 cm³/mol. The second-order valence-corrected chi connectivity index (χ2v) is 4.38. The van der Waals surface area contributed by atoms with Gasteiger partial charge in [-0.25, -0.2) is 0 Å². The number of methoxy groups -OCH3 is 1. The van der Waals surface area contributed by atoms with Crippen molar-refractivity contribution >= 4 is 0 Å². The first-order valence-electron chi connectivity index (χ1n) is 6.25. The predicted octanol–water partition coefficient (Wildman–Crippen LogP) is 2.40. The Morgan fingerprint density at radius 2 is 2.12 bits per heavy atom. The van der Waals surface area contributed by atoms with Crippen LogP contribution in [0.2, 0.25) is 0 Å². The zero-order valence-electron chi connectivity index (χ0n) is 11.1. The van der Waals surface area contributed by atoms with Crippen LogP contribution in [0.15, 0.2) is 4.52 Å². The lowest BCUT2D eigenvalue weighted by molar-refractivity contribution is 0.0854. The molecule has 0 spiro atoms. The van der Waals surface area contributed by atoms with Crippen LogP contribution in [0.1, 0.15) is 63.8 Å². The lowest BCUT2D eigenvalue weighted by Gasteiger charge is -2.13. The van der Waals surface area contributed by atoms with Gasteiger partial charge in [-0.2, -0.15) is 4.98 Å². The van der Waals surface area contributed by atoms with E-state index in [9.17, 15) is 0 Å². The minimum absolute atomic E-state index is 0.0143. The second-order valence-electron chi connectivity index (χ2n) is 4.38. The Bertz CT molecular complexity index is 325. The second kappa shape index (κ2) is 6.71. The highest BCUT2D eigenvalue weighted by Crippen LogP contribution is 2.24. The van der Waals surface area contributed by atoms with Gasteiger partial charge < -0.3 is 15.0 Å². The van der Waals surface area contributed by atoms with Crippen molar-refractivity contribution in [1.82, 2.24) is 10.1 Å². The first-order chi connectivity index (χ1) is 8.13. The summed E-state index contributed by atoms with van der Waals surface area (Å²) in [4.78, 5) is 4.41. The maximum absolute atomic E-state index is 5.90. The van der Waals surface area contributed by atoms with E-state index in [0.717, 1.165) is 19.3 Å². The number of hydrogen-bond acceptors (Lipinski definition) is 5. The van der Waals surface area contributed by atoms with Crippen LogP contribution in [-0.2, 0) is 4.74 Å². The molecule has 0 saturated carbocycles. The number of rotatable bonds is 7. The topological polar surface area (TPSA) is 74.2 Å². The van der Waals surface area contributed by atoms with E-state index in [-0.39, 0.29) is 18.1 Å². The van der Waals surface area contributed by atoms with Gasteiger partial charge in [-0.05, 0) is 19.8 Å². The molecule has 0 fully saturated rings. The fourth-order valence-corrected chi connectivity index (χ4v) is 1.91. The summed E-state index contributed by atoms with van der Waals surface area (Å²) >= 11 is 0. The van der Waals surface area contributed by atoms with Crippen LogP contribution in [0.5, 0.6) is 0 Å². The zero-order chi connectivity index (χ0) is 12.8. The summed E-state index contributed by atoms with van der Waals surface area (Å²) in [5, 5.41) is 3.99. The molecule has 0 saturated heterocycles. The van der Waals surface area contributed by atoms with Gasteiger partial charge in [0.2, 0.25) is 11.7 Å². The summed E-state index contributed by atoms with van der Waals surface area (Å²) in [6.07, 6.45) is 2.73. The van der Waals surface area contributed by atoms with Crippen molar-refractivity contribution in [3.63, 3.8) is 0 Å². The molecule has 1 aromatic rings. The van der Waals surface area contributed by atoms with E-state index in [2.05, 4.69) is 24.0 Å². The molecule has 1 heterocycles. The number of nitrogens with zero attached hydrogens (tertiary/aromatic N) is 2. The average molecular weight is 241 g/mol. The highest BCUT2D eigenvalue weighted by molar-refractivity contribution is 4.99. The van der Waals surface area contributed by atoms with E-state index in [0.29, 0.717) is 11.7 Å². The first-order valence-corrected chi connectivity index (χ1v) is 6.25. The molecule has 3 unspecified atom stereocenters. The van der Waals surface area contributed by atoms with Gasteiger partial charge in [-0.15, -0.1) is 0 Å². The van der Waals surface area contributed by atoms with Gasteiger partial charge in [0.15, 0.2) is 0 Å². The molecule has 98 valence electrons. The van der Waals surface area contributed by atoms with Gasteiger partial charge >= 0.3 is 0 Å². The van der Waals surface area contributed by atoms with Crippen molar-refractivity contribution in [3.8, 4) is 0 Å². The molecule has 17 heavy (non-hydrogen) atoms. The van der Waals surface area contributed by atoms with Crippen LogP contribution >= 0.6 is 0 Å². The average Bonchev–Trinajstić information content (AvgIpc) is 2.75. The summed E-state index contributed by atoms with van der Waals surface area (Å²) in [6.45, 7) is 6.12. The van der Waals surface area contributed by atoms with Crippen LogP contribution in [0.25, 0.3) is 0 Å². The van der Waals surface area contributed by atoms with Gasteiger partial charge in [0.05, 0.1) is 5.92 Å². The Hall–Kier alpha value is -0.940. The standard InChI is InChI=1S/C12H23N3O2/c1-5-7-10(16-4)11-14-12(17-15-11)9(6-2)8(3)13/h8-10H,5-7,13H2,1-4H3. The molecule has 5 nitrogen and oxygen atoms in total. The van der Waals surface area contributed by atoms with Gasteiger partial charge in [-0.1, -0.05) is 25.4 Å². The molecule has 1 rings (SSSR count). The summed E-state index contributed by atoms with van der Waals surface area (Å²) in [5.41, 5.74) is 5.90. The monoisotopic (exact) mass is 241 g/mol. The largest absolute Gasteiger partial charge is 0.373 e. The highest BCUT2D eigenvalue weighted by Gasteiger charge is 2.23. The quantitative estimate of drug-likeness (QED) is 0.793. The van der Waals surface area contributed by atoms with E-state index in [4.69, 9.17) is 15.0 Å². The van der Waals surface area contributed by atoms with E-state index in [1.54, 1.807) is 7.11 Å². The maximum Gasteiger partial charge on any atom is 0.231 e. The van der Waals surface area contributed by atoms with Gasteiger partial charge in [0.25, 0.3) is 0 Å². The van der Waals surface area contributed by atoms with Crippen LogP contribution < -0.4 is 5.73 Å². The Morgan fingerprint density at radius 1 is 1.41 bits per heavy atom. The lowest BCUT2D eigenvalue weighted by Crippen LogP contribution is -2.24. The summed E-state index contributed by atoms with van der Waals surface area (Å²) in [7, 11) is 1.67. The van der Waals surface area contributed by atoms with Crippen molar-refractivity contribution in [2.75, 3.05) is 7.11 Å². The van der Waals surface area contributed by atoms with E-state index < -0.39 is 0 Å². The molecule has 0 aliphatic carbocycles. The van der Waals surface area contributed by atoms with Gasteiger partial charge in [-0.3, -0.25) is 0 Å². The zero-order valence-corrected chi connectivity index (χ0v) is 11.1. The third-order valence-corrected chi connectivity index (χ3v) is 2.97. The molecule has 5 heteroatoms. The van der Waals surface area contributed by atoms with Gasteiger partial charge in [0.1, 0.15) is 6.10 Å². The van der Waals surface area contributed by atoms with E-state index >= 15 is 0 Å². The molecule has 0 aliphatic rings. The minimum atomic E-state index is -0.0805. The van der Waals surface area contributed by atoms with Crippen molar-refractivity contribution in [1.29, 1.82) is 0 Å². The van der Waals surface area contributed by atoms with Crippen LogP contribution in [0, 0.1) is 0 Å². The molecule has 0 amide bonds. The fraction of sp³-hybridized carbons (Fsp3) is 0.833. The smallest absolute Gasteiger partial charge is 0.231 e. The van der Waals surface area contributed by atoms with Crippen molar-refractivity contribution in [2.45, 2.75) is 58.1 Å². The highest BCUT2D eigenvalue weighted by atomic mass is 16.5. The number of ether oxygens (including phenoxy) is 1. The third-order valence-electron chi connectivity index (χ3n) is 2.97. The third kappa shape index (κ3) is 3.51. The van der Waals surface area contributed by atoms with E-state index in [1.165, 1.54) is 0 Å². The van der Waals surface area contributed by atoms with Crippen molar-refractivity contribution in [3.05, 3.63) is 11.7 Å². The summed E-state index contributed by atoms with van der Waals surface area (Å²) < 4.78 is 10.6. The molecular weight excluding hydrogens is 218 g/mol. The van der Waals surface area contributed by atoms with Crippen LogP contribution in [-0.4, -0.2) is 23.3 Å². The molecule has 0 bridgehead atoms. The molecular formula is C12H23N3O2. The number of nitrogens with two attached hydrogens (primary N) is 1. The van der Waals surface area contributed by atoms with Crippen molar-refractivity contribution in [2.24, 2.45) is 5.73 Å². The van der Waals surface area contributed by atoms with Crippen molar-refractivity contribution < 1.29 is 9.26 Å². The summed E-state index contributed by atoms with van der Waals surface area (Å²) in [6, 6.07) is 0.0143. The SMILES string of the molecule is CCCC(OC)c1noc(C(CC)C(C)N)n1. The summed E-state index contributed by atoms with van der Waals surface area (Å²) in [5.74, 6) is 1.37. The fourth-order valence-electron chi connectivity index (χ4n) is 1.91. The Kier molecular flexibility index (Phi) is 5.58. The molecule has 0 radical (unpaired) electrons. The first kappa shape index (κ1) is 14.1. The molecule has 3 atom stereocenters. The Balaban J connectivity index is 2.82. The van der Waals surface area contributed by atoms with Crippen LogP contribution in [0.3, 0.4) is 0 Å². The van der Waals surface area contributed by atoms with Crippen LogP contribution in [0.4, 0.5) is 0 Å². The Labute approximate surface area is 103 Å². The van der Waals surface area contributed by atoms with Gasteiger partial charge in [0, 0.05) is 13.2 Å². The minimum Gasteiger partial charge on any atom is -0.373 e. The number of hydrogen-bond donors (Lipinski definition) is 1. The molecule has 0 aromatic carbocycles. The molecule has 0 aliphatic heterocycles. The maximum atomic E-state index is 5.90. The lowest BCUT2D eigenvalue weighted by atomic mass is 9.99. The van der Waals surface area contributed by atoms with E-state index in [1.807, 2.05) is 6.92 Å². The Morgan fingerprint density at radius 3 is 2.59 bits per heavy atom. The normalized spacial score (nSPS) is 16.8. The molecule has 1 aromatic heterocycles.